The Bertz CT molecular complexity index is 393. The highest BCUT2D eigenvalue weighted by atomic mass is 32.2. The van der Waals surface area contributed by atoms with Gasteiger partial charge in [-0.05, 0) is 36.1 Å². The molecule has 106 valence electrons. The van der Waals surface area contributed by atoms with E-state index in [0.29, 0.717) is 13.0 Å². The van der Waals surface area contributed by atoms with Crippen LogP contribution in [-0.4, -0.2) is 43.2 Å². The molecule has 0 heterocycles. The molecule has 0 spiro atoms. The predicted octanol–water partition coefficient (Wildman–Crippen LogP) is 2.05. The minimum atomic E-state index is -0.779. The molecule has 0 aliphatic rings. The number of hydrogen-bond donors (Lipinski definition) is 2. The maximum atomic E-state index is 11.1. The lowest BCUT2D eigenvalue weighted by molar-refractivity contribution is -0.139. The lowest BCUT2D eigenvalue weighted by atomic mass is 10.1. The van der Waals surface area contributed by atoms with E-state index in [9.17, 15) is 4.79 Å². The van der Waals surface area contributed by atoms with Gasteiger partial charge in [0, 0.05) is 26.3 Å². The fraction of sp³-hybridized carbons (Fsp3) is 0.500. The van der Waals surface area contributed by atoms with E-state index in [0.717, 1.165) is 17.0 Å². The van der Waals surface area contributed by atoms with Crippen molar-refractivity contribution in [1.29, 1.82) is 0 Å². The van der Waals surface area contributed by atoms with Gasteiger partial charge in [-0.1, -0.05) is 12.1 Å². The summed E-state index contributed by atoms with van der Waals surface area (Å²) in [4.78, 5) is 13.1. The summed E-state index contributed by atoms with van der Waals surface area (Å²) in [6, 6.07) is 7.65. The van der Waals surface area contributed by atoms with E-state index in [1.54, 1.807) is 11.8 Å². The second-order valence-corrected chi connectivity index (χ2v) is 5.60. The van der Waals surface area contributed by atoms with Crippen LogP contribution in [0.4, 0.5) is 5.69 Å². The quantitative estimate of drug-likeness (QED) is 0.764. The predicted molar refractivity (Wildman–Crippen MR) is 82.0 cm³/mol. The Morgan fingerprint density at radius 1 is 1.37 bits per heavy atom. The molecular formula is C14H22N2O2S. The fourth-order valence-electron chi connectivity index (χ4n) is 1.70. The maximum absolute atomic E-state index is 11.1. The summed E-state index contributed by atoms with van der Waals surface area (Å²) in [6.07, 6.45) is 2.63. The number of rotatable bonds is 8. The fourth-order valence-corrected chi connectivity index (χ4v) is 2.17. The van der Waals surface area contributed by atoms with Gasteiger partial charge in [0.2, 0.25) is 0 Å². The highest BCUT2D eigenvalue weighted by molar-refractivity contribution is 7.98. The Hall–Kier alpha value is -1.20. The van der Waals surface area contributed by atoms with Crippen molar-refractivity contribution in [2.45, 2.75) is 19.0 Å². The van der Waals surface area contributed by atoms with Gasteiger partial charge in [-0.3, -0.25) is 4.79 Å². The molecule has 5 heteroatoms. The van der Waals surface area contributed by atoms with Crippen LogP contribution in [-0.2, 0) is 11.3 Å². The van der Waals surface area contributed by atoms with Gasteiger partial charge in [0.25, 0.3) is 0 Å². The van der Waals surface area contributed by atoms with Crippen LogP contribution >= 0.6 is 11.8 Å². The Morgan fingerprint density at radius 2 is 2.00 bits per heavy atom. The van der Waals surface area contributed by atoms with Gasteiger partial charge in [0.05, 0.1) is 0 Å². The van der Waals surface area contributed by atoms with E-state index >= 15 is 0 Å². The third-order valence-corrected chi connectivity index (χ3v) is 3.56. The molecule has 0 saturated heterocycles. The molecule has 0 bridgehead atoms. The number of carbonyl (C=O) groups is 1. The van der Waals surface area contributed by atoms with Gasteiger partial charge in [0.15, 0.2) is 0 Å². The summed E-state index contributed by atoms with van der Waals surface area (Å²) < 4.78 is 0. The van der Waals surface area contributed by atoms with E-state index in [-0.39, 0.29) is 0 Å². The van der Waals surface area contributed by atoms with Crippen LogP contribution in [0, 0.1) is 0 Å². The van der Waals surface area contributed by atoms with Gasteiger partial charge < -0.3 is 15.3 Å². The van der Waals surface area contributed by atoms with Crippen molar-refractivity contribution >= 4 is 23.4 Å². The minimum Gasteiger partial charge on any atom is -0.480 e. The van der Waals surface area contributed by atoms with Crippen LogP contribution in [0.2, 0.25) is 0 Å². The molecule has 1 rings (SSSR count). The molecule has 2 N–H and O–H groups in total. The molecule has 1 aromatic rings. The summed E-state index contributed by atoms with van der Waals surface area (Å²) in [5.41, 5.74) is 2.24. The summed E-state index contributed by atoms with van der Waals surface area (Å²) in [5, 5.41) is 12.2. The first-order valence-electron chi connectivity index (χ1n) is 6.26. The number of carboxylic acid groups (broad SMARTS) is 1. The van der Waals surface area contributed by atoms with Crippen molar-refractivity contribution in [3.63, 3.8) is 0 Å². The normalized spacial score (nSPS) is 12.2. The topological polar surface area (TPSA) is 52.6 Å². The minimum absolute atomic E-state index is 0.471. The van der Waals surface area contributed by atoms with Gasteiger partial charge in [0.1, 0.15) is 6.04 Å². The third kappa shape index (κ3) is 5.53. The van der Waals surface area contributed by atoms with Crippen LogP contribution in [0.15, 0.2) is 24.3 Å². The number of hydrogen-bond acceptors (Lipinski definition) is 4. The molecule has 1 aromatic carbocycles. The Labute approximate surface area is 119 Å². The number of nitrogens with zero attached hydrogens (tertiary/aromatic N) is 1. The molecule has 1 unspecified atom stereocenters. The van der Waals surface area contributed by atoms with Crippen LogP contribution in [0.3, 0.4) is 0 Å². The van der Waals surface area contributed by atoms with Crippen LogP contribution in [0.1, 0.15) is 12.0 Å². The molecule has 0 radical (unpaired) electrons. The second-order valence-electron chi connectivity index (χ2n) is 4.61. The molecule has 0 fully saturated rings. The lowest BCUT2D eigenvalue weighted by Gasteiger charge is -2.15. The summed E-state index contributed by atoms with van der Waals surface area (Å²) in [6.45, 7) is 0.582. The highest BCUT2D eigenvalue weighted by Gasteiger charge is 2.15. The monoisotopic (exact) mass is 282 g/mol. The van der Waals surface area contributed by atoms with E-state index in [1.807, 2.05) is 49.5 Å². The van der Waals surface area contributed by atoms with Gasteiger partial charge in [-0.15, -0.1) is 0 Å². The van der Waals surface area contributed by atoms with E-state index < -0.39 is 12.0 Å². The molecule has 0 aliphatic heterocycles. The average molecular weight is 282 g/mol. The lowest BCUT2D eigenvalue weighted by Crippen LogP contribution is -2.36. The van der Waals surface area contributed by atoms with Gasteiger partial charge in [-0.2, -0.15) is 11.8 Å². The maximum Gasteiger partial charge on any atom is 0.320 e. The van der Waals surface area contributed by atoms with Crippen LogP contribution in [0.25, 0.3) is 0 Å². The largest absolute Gasteiger partial charge is 0.480 e. The average Bonchev–Trinajstić information content (AvgIpc) is 2.39. The molecule has 0 aliphatic carbocycles. The number of anilines is 1. The van der Waals surface area contributed by atoms with E-state index in [4.69, 9.17) is 5.11 Å². The standard InChI is InChI=1S/C14H22N2O2S/c1-16(2)12-6-4-11(5-7-12)10-15-13(14(17)18)8-9-19-3/h4-7,13,15H,8-10H2,1-3H3,(H,17,18). The molecule has 19 heavy (non-hydrogen) atoms. The van der Waals surface area contributed by atoms with Crippen molar-refractivity contribution in [3.05, 3.63) is 29.8 Å². The number of carboxylic acids is 1. The Balaban J connectivity index is 2.51. The summed E-state index contributed by atoms with van der Waals surface area (Å²) >= 11 is 1.67. The third-order valence-electron chi connectivity index (χ3n) is 2.91. The zero-order chi connectivity index (χ0) is 14.3. The van der Waals surface area contributed by atoms with Gasteiger partial charge in [-0.25, -0.2) is 0 Å². The Kier molecular flexibility index (Phi) is 6.73. The van der Waals surface area contributed by atoms with Gasteiger partial charge >= 0.3 is 5.97 Å². The smallest absolute Gasteiger partial charge is 0.320 e. The first-order valence-corrected chi connectivity index (χ1v) is 7.65. The number of thioether (sulfide) groups is 1. The van der Waals surface area contributed by atoms with E-state index in [2.05, 4.69) is 5.32 Å². The molecule has 1 atom stereocenters. The van der Waals surface area contributed by atoms with E-state index in [1.165, 1.54) is 0 Å². The first-order chi connectivity index (χ1) is 9.04. The van der Waals surface area contributed by atoms with Crippen LogP contribution < -0.4 is 10.2 Å². The second kappa shape index (κ2) is 8.07. The summed E-state index contributed by atoms with van der Waals surface area (Å²) in [7, 11) is 3.99. The molecule has 0 aromatic heterocycles. The molecule has 0 saturated carbocycles. The number of nitrogens with one attached hydrogen (secondary N) is 1. The Morgan fingerprint density at radius 3 is 2.47 bits per heavy atom. The van der Waals surface area contributed by atoms with Crippen molar-refractivity contribution in [2.24, 2.45) is 0 Å². The van der Waals surface area contributed by atoms with Crippen LogP contribution in [0.5, 0.6) is 0 Å². The van der Waals surface area contributed by atoms with Crippen molar-refractivity contribution in [1.82, 2.24) is 5.32 Å². The van der Waals surface area contributed by atoms with Crippen molar-refractivity contribution in [3.8, 4) is 0 Å². The first kappa shape index (κ1) is 15.9. The molecule has 0 amide bonds. The van der Waals surface area contributed by atoms with Crippen molar-refractivity contribution in [2.75, 3.05) is 31.0 Å². The highest BCUT2D eigenvalue weighted by Crippen LogP contribution is 2.12. The SMILES string of the molecule is CSCCC(NCc1ccc(N(C)C)cc1)C(=O)O. The molecule has 4 nitrogen and oxygen atoms in total. The molecular weight excluding hydrogens is 260 g/mol. The number of benzene rings is 1. The van der Waals surface area contributed by atoms with Crippen molar-refractivity contribution < 1.29 is 9.90 Å². The summed E-state index contributed by atoms with van der Waals surface area (Å²) in [5.74, 6) is 0.0720. The number of aliphatic carboxylic acids is 1. The zero-order valence-corrected chi connectivity index (χ0v) is 12.5. The zero-order valence-electron chi connectivity index (χ0n) is 11.7.